The number of hydrogen-bond acceptors (Lipinski definition) is 1. The van der Waals surface area contributed by atoms with Gasteiger partial charge in [0.25, 0.3) is 0 Å². The Morgan fingerprint density at radius 3 is 1.77 bits per heavy atom. The Balaban J connectivity index is 1.94. The fourth-order valence-electron chi connectivity index (χ4n) is 4.09. The number of rotatable bonds is 3. The van der Waals surface area contributed by atoms with Crippen LogP contribution in [0.5, 0.6) is 0 Å². The van der Waals surface area contributed by atoms with Gasteiger partial charge in [-0.2, -0.15) is 5.26 Å². The predicted octanol–water partition coefficient (Wildman–Crippen LogP) is 5.59. The third-order valence-corrected chi connectivity index (χ3v) is 7.93. The van der Waals surface area contributed by atoms with Gasteiger partial charge in [-0.05, 0) is 42.2 Å². The second kappa shape index (κ2) is 7.28. The Morgan fingerprint density at radius 1 is 0.769 bits per heavy atom. The number of allylic oxidation sites excluding steroid dienone is 2. The molecular weight excluding hydrogens is 333 g/mol. The Kier molecular flexibility index (Phi) is 4.70. The van der Waals surface area contributed by atoms with Gasteiger partial charge in [0, 0.05) is 11.5 Å². The Labute approximate surface area is 156 Å². The van der Waals surface area contributed by atoms with Gasteiger partial charge in [-0.3, -0.25) is 0 Å². The molecule has 0 N–H and O–H groups in total. The van der Waals surface area contributed by atoms with Crippen molar-refractivity contribution < 1.29 is 0 Å². The molecule has 26 heavy (non-hydrogen) atoms. The molecule has 0 amide bonds. The molecule has 0 aliphatic carbocycles. The fourth-order valence-corrected chi connectivity index (χ4v) is 7.01. The van der Waals surface area contributed by atoms with E-state index < -0.39 is 7.92 Å². The van der Waals surface area contributed by atoms with Crippen LogP contribution in [-0.2, 0) is 5.41 Å². The number of hydrogen-bond donors (Lipinski definition) is 0. The van der Waals surface area contributed by atoms with Gasteiger partial charge < -0.3 is 0 Å². The van der Waals surface area contributed by atoms with E-state index in [2.05, 4.69) is 97.1 Å². The molecule has 3 aromatic carbocycles. The molecule has 1 heterocycles. The van der Waals surface area contributed by atoms with Crippen molar-refractivity contribution in [3.63, 3.8) is 0 Å². The summed E-state index contributed by atoms with van der Waals surface area (Å²) in [5, 5.41) is 12.2. The summed E-state index contributed by atoms with van der Waals surface area (Å²) in [5.41, 5.74) is 2.36. The highest BCUT2D eigenvalue weighted by Gasteiger charge is 2.46. The summed E-state index contributed by atoms with van der Waals surface area (Å²) in [6, 6.07) is 34.4. The summed E-state index contributed by atoms with van der Waals surface area (Å²) in [4.78, 5) is 0. The van der Waals surface area contributed by atoms with Gasteiger partial charge in [-0.1, -0.05) is 91.0 Å². The average molecular weight is 353 g/mol. The van der Waals surface area contributed by atoms with E-state index >= 15 is 0 Å². The highest BCUT2D eigenvalue weighted by Crippen LogP contribution is 2.64. The van der Waals surface area contributed by atoms with Gasteiger partial charge in [0.1, 0.15) is 0 Å². The summed E-state index contributed by atoms with van der Waals surface area (Å²) in [7, 11) is -0.506. The van der Waals surface area contributed by atoms with Crippen LogP contribution in [0.3, 0.4) is 0 Å². The highest BCUT2D eigenvalue weighted by molar-refractivity contribution is 7.70. The van der Waals surface area contributed by atoms with Crippen molar-refractivity contribution in [2.45, 2.75) is 11.8 Å². The van der Waals surface area contributed by atoms with E-state index in [1.165, 1.54) is 21.7 Å². The molecule has 1 aliphatic rings. The summed E-state index contributed by atoms with van der Waals surface area (Å²) in [6.45, 7) is 0. The van der Waals surface area contributed by atoms with Crippen LogP contribution >= 0.6 is 7.92 Å². The molecule has 1 aliphatic heterocycles. The monoisotopic (exact) mass is 353 g/mol. The normalized spacial score (nSPS) is 20.0. The second-order valence-corrected chi connectivity index (χ2v) is 8.83. The number of benzene rings is 3. The molecule has 1 unspecified atom stereocenters. The maximum atomic E-state index is 9.60. The molecule has 1 saturated heterocycles. The molecule has 0 spiro atoms. The van der Waals surface area contributed by atoms with E-state index in [-0.39, 0.29) is 5.41 Å². The quantitative estimate of drug-likeness (QED) is 0.445. The van der Waals surface area contributed by atoms with Gasteiger partial charge >= 0.3 is 0 Å². The SMILES string of the molecule is N#CC=C1P(c2ccccc2)CCC1(c1ccccc1)c1ccccc1. The zero-order valence-corrected chi connectivity index (χ0v) is 15.4. The van der Waals surface area contributed by atoms with E-state index in [4.69, 9.17) is 0 Å². The van der Waals surface area contributed by atoms with Crippen molar-refractivity contribution in [2.24, 2.45) is 0 Å². The van der Waals surface area contributed by atoms with E-state index in [1.54, 1.807) is 0 Å². The van der Waals surface area contributed by atoms with Gasteiger partial charge in [-0.15, -0.1) is 0 Å². The average Bonchev–Trinajstić information content (AvgIpc) is 3.10. The van der Waals surface area contributed by atoms with Crippen molar-refractivity contribution in [3.8, 4) is 6.07 Å². The van der Waals surface area contributed by atoms with Crippen molar-refractivity contribution >= 4 is 13.2 Å². The highest BCUT2D eigenvalue weighted by atomic mass is 31.1. The van der Waals surface area contributed by atoms with Crippen LogP contribution in [0.2, 0.25) is 0 Å². The standard InChI is InChI=1S/C24H20NP/c25-18-16-23-24(20-10-4-1-5-11-20,21-12-6-2-7-13-21)17-19-26(23)22-14-8-3-9-15-22/h1-16H,17,19H2. The minimum Gasteiger partial charge on any atom is -0.193 e. The Morgan fingerprint density at radius 2 is 1.27 bits per heavy atom. The van der Waals surface area contributed by atoms with Gasteiger partial charge in [-0.25, -0.2) is 0 Å². The van der Waals surface area contributed by atoms with Crippen molar-refractivity contribution in [1.29, 1.82) is 5.26 Å². The lowest BCUT2D eigenvalue weighted by Gasteiger charge is -2.33. The lowest BCUT2D eigenvalue weighted by atomic mass is 9.72. The third kappa shape index (κ3) is 2.78. The molecule has 0 radical (unpaired) electrons. The van der Waals surface area contributed by atoms with Crippen molar-refractivity contribution in [3.05, 3.63) is 114 Å². The van der Waals surface area contributed by atoms with Gasteiger partial charge in [0.2, 0.25) is 0 Å². The molecule has 0 saturated carbocycles. The summed E-state index contributed by atoms with van der Waals surface area (Å²) in [5.74, 6) is 0. The van der Waals surface area contributed by atoms with E-state index in [0.29, 0.717) is 0 Å². The minimum atomic E-state index is -0.506. The smallest absolute Gasteiger partial charge is 0.0915 e. The Bertz CT molecular complexity index is 900. The molecular formula is C24H20NP. The topological polar surface area (TPSA) is 23.8 Å². The van der Waals surface area contributed by atoms with Crippen LogP contribution in [0.1, 0.15) is 17.5 Å². The molecule has 2 heteroatoms. The second-order valence-electron chi connectivity index (χ2n) is 6.53. The third-order valence-electron chi connectivity index (χ3n) is 5.24. The predicted molar refractivity (Wildman–Crippen MR) is 110 cm³/mol. The molecule has 0 aromatic heterocycles. The van der Waals surface area contributed by atoms with E-state index in [0.717, 1.165) is 12.6 Å². The molecule has 1 atom stereocenters. The first-order valence-electron chi connectivity index (χ1n) is 8.90. The van der Waals surface area contributed by atoms with Crippen molar-refractivity contribution in [1.82, 2.24) is 0 Å². The zero-order valence-electron chi connectivity index (χ0n) is 14.5. The maximum Gasteiger partial charge on any atom is 0.0915 e. The van der Waals surface area contributed by atoms with Crippen LogP contribution in [0.4, 0.5) is 0 Å². The molecule has 126 valence electrons. The van der Waals surface area contributed by atoms with Crippen LogP contribution in [-0.4, -0.2) is 6.16 Å². The molecule has 0 bridgehead atoms. The van der Waals surface area contributed by atoms with Crippen LogP contribution in [0.15, 0.2) is 102 Å². The van der Waals surface area contributed by atoms with Crippen molar-refractivity contribution in [2.75, 3.05) is 6.16 Å². The zero-order chi connectivity index (χ0) is 17.8. The van der Waals surface area contributed by atoms with Crippen LogP contribution in [0, 0.1) is 11.3 Å². The Hall–Kier alpha value is -2.68. The number of nitrogens with zero attached hydrogens (tertiary/aromatic N) is 1. The van der Waals surface area contributed by atoms with Crippen LogP contribution in [0.25, 0.3) is 0 Å². The lowest BCUT2D eigenvalue weighted by Crippen LogP contribution is -2.26. The summed E-state index contributed by atoms with van der Waals surface area (Å²) >= 11 is 0. The maximum absolute atomic E-state index is 9.60. The van der Waals surface area contributed by atoms with E-state index in [1.807, 2.05) is 6.08 Å². The summed E-state index contributed by atoms with van der Waals surface area (Å²) < 4.78 is 0. The van der Waals surface area contributed by atoms with Gasteiger partial charge in [0.05, 0.1) is 6.07 Å². The summed E-state index contributed by atoms with van der Waals surface area (Å²) in [6.07, 6.45) is 3.97. The molecule has 4 rings (SSSR count). The largest absolute Gasteiger partial charge is 0.193 e. The molecule has 3 aromatic rings. The fraction of sp³-hybridized carbons (Fsp3) is 0.125. The number of nitriles is 1. The van der Waals surface area contributed by atoms with E-state index in [9.17, 15) is 5.26 Å². The first-order chi connectivity index (χ1) is 12.9. The molecule has 1 fully saturated rings. The first-order valence-corrected chi connectivity index (χ1v) is 10.4. The van der Waals surface area contributed by atoms with Gasteiger partial charge in [0.15, 0.2) is 0 Å². The van der Waals surface area contributed by atoms with Crippen LogP contribution < -0.4 is 5.30 Å². The minimum absolute atomic E-state index is 0.209. The first kappa shape index (κ1) is 16.8. The molecule has 1 nitrogen and oxygen atoms in total. The lowest BCUT2D eigenvalue weighted by molar-refractivity contribution is 0.632.